The van der Waals surface area contributed by atoms with Crippen LogP contribution in [0.1, 0.15) is 45.4 Å². The minimum Gasteiger partial charge on any atom is -0.359 e. The van der Waals surface area contributed by atoms with Crippen LogP contribution in [-0.4, -0.2) is 125 Å². The molecule has 358 valence electrons. The maximum atomic E-state index is 12.7. The molecule has 0 unspecified atom stereocenters. The molecule has 0 bridgehead atoms. The number of ketones is 2. The van der Waals surface area contributed by atoms with Crippen LogP contribution in [0.2, 0.25) is 0 Å². The molecule has 15 nitrogen and oxygen atoms in total. The second kappa shape index (κ2) is 28.8. The molecule has 0 aromatic heterocycles. The van der Waals surface area contributed by atoms with Crippen LogP contribution in [-0.2, 0) is 54.0 Å². The summed E-state index contributed by atoms with van der Waals surface area (Å²) in [7, 11) is -14.0. The van der Waals surface area contributed by atoms with Gasteiger partial charge in [-0.1, -0.05) is 5.92 Å². The number of ether oxygens (including phenoxy) is 1. The number of benzene rings is 2. The first kappa shape index (κ1) is 57.9. The lowest BCUT2D eigenvalue weighted by Crippen LogP contribution is -2.52. The first-order valence-corrected chi connectivity index (χ1v) is 27.1. The lowest BCUT2D eigenvalue weighted by molar-refractivity contribution is -0.121. The van der Waals surface area contributed by atoms with E-state index < -0.39 is 39.7 Å². The fourth-order valence-electron chi connectivity index (χ4n) is 6.04. The maximum absolute atomic E-state index is 12.7. The molecule has 68 heavy (non-hydrogen) atoms. The van der Waals surface area contributed by atoms with Crippen molar-refractivity contribution in [2.45, 2.75) is 70.8 Å². The number of carbonyl (C=O) groups excluding carboxylic acids is 2. The quantitative estimate of drug-likeness (QED) is 0.312. The maximum Gasteiger partial charge on any atom is 0.243 e. The van der Waals surface area contributed by atoms with Gasteiger partial charge in [-0.15, -0.1) is 17.8 Å². The van der Waals surface area contributed by atoms with E-state index in [0.717, 1.165) is 45.0 Å². The lowest BCUT2D eigenvalue weighted by atomic mass is 10.0. The van der Waals surface area contributed by atoms with Gasteiger partial charge in [0.1, 0.15) is 17.3 Å². The molecule has 0 aliphatic carbocycles. The van der Waals surface area contributed by atoms with Gasteiger partial charge in [0.2, 0.25) is 20.0 Å². The molecule has 0 amide bonds. The standard InChI is InChI=1S/C14H20N2O5S2.C12H15NO5S2.C9H3.C9H2.C5H9NO/c1-22(17,18)12-2-4-13(5-3-12)23(19,20)16-9-6-14(7-10-16)15-8-11-21-14;1-19(15,16)11-2-4-12(5-3-11)20(17,18)13-8-6-10(14)7-9-13;2*1-3-5-7-9-8-6-4-2;7-5-1-3-6-4-2-5/h2-5,15H,6-11H2,1H3;2-5H,6-9H2,1H3;1H3;1H2;6H,1-4H2/q;;-1;-2;. The van der Waals surface area contributed by atoms with E-state index in [4.69, 9.17) is 17.6 Å². The van der Waals surface area contributed by atoms with Crippen molar-refractivity contribution in [2.24, 2.45) is 0 Å². The molecule has 4 saturated heterocycles. The molecular weight excluding hydrogens is 949 g/mol. The molecule has 0 atom stereocenters. The summed E-state index contributed by atoms with van der Waals surface area (Å²) in [6.45, 7) is 9.27. The van der Waals surface area contributed by atoms with Crippen LogP contribution in [0, 0.1) is 103 Å². The van der Waals surface area contributed by atoms with Crippen LogP contribution in [0.25, 0.3) is 0 Å². The smallest absolute Gasteiger partial charge is 0.243 e. The van der Waals surface area contributed by atoms with E-state index in [9.17, 15) is 43.3 Å². The zero-order valence-electron chi connectivity index (χ0n) is 37.7. The van der Waals surface area contributed by atoms with Gasteiger partial charge < -0.3 is 22.9 Å². The summed E-state index contributed by atoms with van der Waals surface area (Å²) in [5.74, 6) is 32.8. The second-order valence-corrected chi connectivity index (χ2v) is 22.2. The number of sulfonamides is 2. The Bertz CT molecular complexity index is 2950. The normalized spacial score (nSPS) is 16.2. The fourth-order valence-corrected chi connectivity index (χ4v) is 10.2. The van der Waals surface area contributed by atoms with E-state index in [1.165, 1.54) is 57.1 Å². The highest BCUT2D eigenvalue weighted by molar-refractivity contribution is 7.91. The molecule has 2 N–H and O–H groups in total. The SMILES string of the molecule is CS(=O)(=O)c1ccc(S(=O)(=O)N2CCC(=O)CC2)cc1.CS(=O)(=O)c1ccc(S(=O)(=O)N2CCC3(CC2)NCCO3)cc1.O=C1CCNCC1.[C-]#CC#CC#CC#CC.[C-]#CC#CC#CC#C[CH2-]. The van der Waals surface area contributed by atoms with Crippen LogP contribution in [0.3, 0.4) is 0 Å². The first-order chi connectivity index (χ1) is 32.2. The van der Waals surface area contributed by atoms with E-state index in [0.29, 0.717) is 38.3 Å². The number of rotatable bonds is 6. The summed E-state index contributed by atoms with van der Waals surface area (Å²) < 4.78 is 104. The van der Waals surface area contributed by atoms with E-state index in [1.807, 2.05) is 11.8 Å². The zero-order chi connectivity index (χ0) is 50.7. The predicted molar refractivity (Wildman–Crippen MR) is 256 cm³/mol. The van der Waals surface area contributed by atoms with Gasteiger partial charge in [0.25, 0.3) is 0 Å². The molecule has 4 fully saturated rings. The van der Waals surface area contributed by atoms with Crippen LogP contribution in [0.4, 0.5) is 0 Å². The Morgan fingerprint density at radius 1 is 0.559 bits per heavy atom. The summed E-state index contributed by atoms with van der Waals surface area (Å²) in [6, 6.07) is 10.5. The number of hydrogen-bond donors (Lipinski definition) is 2. The molecule has 19 heteroatoms. The number of sulfone groups is 2. The number of nitrogens with one attached hydrogen (secondary N) is 2. The summed E-state index contributed by atoms with van der Waals surface area (Å²) in [4.78, 5) is 21.9. The van der Waals surface area contributed by atoms with Crippen LogP contribution in [0.15, 0.2) is 68.1 Å². The van der Waals surface area contributed by atoms with Gasteiger partial charge in [-0.05, 0) is 79.1 Å². The minimum absolute atomic E-state index is 0.0410. The zero-order valence-corrected chi connectivity index (χ0v) is 41.0. The summed E-state index contributed by atoms with van der Waals surface area (Å²) >= 11 is 0. The van der Waals surface area contributed by atoms with Gasteiger partial charge in [-0.2, -0.15) is 15.5 Å². The molecule has 2 aromatic carbocycles. The summed E-state index contributed by atoms with van der Waals surface area (Å²) in [6.07, 6.45) is 18.0. The van der Waals surface area contributed by atoms with Crippen LogP contribution < -0.4 is 10.6 Å². The topological polar surface area (TPSA) is 210 Å². The number of hydrogen-bond acceptors (Lipinski definition) is 13. The second-order valence-electron chi connectivity index (χ2n) is 14.3. The Morgan fingerprint density at radius 2 is 0.941 bits per heavy atom. The number of nitrogens with zero attached hydrogens (tertiary/aromatic N) is 2. The average molecular weight is 998 g/mol. The number of piperidine rings is 3. The fraction of sp³-hybridized carbons (Fsp3) is 0.367. The largest absolute Gasteiger partial charge is 0.359 e. The van der Waals surface area contributed by atoms with E-state index >= 15 is 0 Å². The minimum atomic E-state index is -3.66. The van der Waals surface area contributed by atoms with Crippen molar-refractivity contribution < 1.29 is 48.0 Å². The first-order valence-electron chi connectivity index (χ1n) is 20.4. The number of Topliss-reactive ketones (excluding diaryl/α,β-unsaturated/α-hetero) is 2. The van der Waals surface area contributed by atoms with Crippen molar-refractivity contribution in [3.8, 4) is 82.9 Å². The van der Waals surface area contributed by atoms with Gasteiger partial charge in [0, 0.05) is 96.8 Å². The summed E-state index contributed by atoms with van der Waals surface area (Å²) in [5.41, 5.74) is -0.383. The average Bonchev–Trinajstić information content (AvgIpc) is 3.77. The molecule has 0 saturated carbocycles. The summed E-state index contributed by atoms with van der Waals surface area (Å²) in [5, 5.41) is 6.39. The van der Waals surface area contributed by atoms with Crippen LogP contribution >= 0.6 is 0 Å². The van der Waals surface area contributed by atoms with Crippen molar-refractivity contribution in [3.63, 3.8) is 0 Å². The van der Waals surface area contributed by atoms with Gasteiger partial charge in [0.05, 0.1) is 26.2 Å². The van der Waals surface area contributed by atoms with Crippen molar-refractivity contribution in [2.75, 3.05) is 64.9 Å². The monoisotopic (exact) mass is 997 g/mol. The van der Waals surface area contributed by atoms with Crippen molar-refractivity contribution in [3.05, 3.63) is 68.3 Å². The molecule has 4 aliphatic rings. The van der Waals surface area contributed by atoms with E-state index in [1.54, 1.807) is 6.92 Å². The van der Waals surface area contributed by atoms with Crippen molar-refractivity contribution >= 4 is 51.3 Å². The Morgan fingerprint density at radius 3 is 1.29 bits per heavy atom. The predicted octanol–water partition coefficient (Wildman–Crippen LogP) is 1.60. The van der Waals surface area contributed by atoms with Crippen molar-refractivity contribution in [1.29, 1.82) is 0 Å². The Labute approximate surface area is 403 Å². The third-order valence-corrected chi connectivity index (χ3v) is 15.6. The van der Waals surface area contributed by atoms with Gasteiger partial charge in [0.15, 0.2) is 19.7 Å². The molecule has 1 spiro atoms. The molecule has 0 radical (unpaired) electrons. The molecular formula is C49H49N4O11S4-3. The molecule has 4 heterocycles. The van der Waals surface area contributed by atoms with Gasteiger partial charge >= 0.3 is 0 Å². The number of carbonyl (C=O) groups is 2. The Kier molecular flexibility index (Phi) is 24.5. The van der Waals surface area contributed by atoms with Gasteiger partial charge in [-0.25, -0.2) is 51.4 Å². The molecule has 2 aromatic rings. The third-order valence-electron chi connectivity index (χ3n) is 9.52. The highest BCUT2D eigenvalue weighted by Gasteiger charge is 2.41. The highest BCUT2D eigenvalue weighted by atomic mass is 32.2. The van der Waals surface area contributed by atoms with Crippen LogP contribution in [0.5, 0.6) is 0 Å². The van der Waals surface area contributed by atoms with Gasteiger partial charge in [-0.3, -0.25) is 32.7 Å². The lowest BCUT2D eigenvalue weighted by Gasteiger charge is -2.37. The molecule has 6 rings (SSSR count). The van der Waals surface area contributed by atoms with Crippen molar-refractivity contribution in [1.82, 2.24) is 19.2 Å². The van der Waals surface area contributed by atoms with E-state index in [2.05, 4.69) is 88.6 Å². The molecule has 4 aliphatic heterocycles. The third kappa shape index (κ3) is 20.3. The highest BCUT2D eigenvalue weighted by Crippen LogP contribution is 2.30. The van der Waals surface area contributed by atoms with E-state index in [-0.39, 0.29) is 57.0 Å². The Balaban J connectivity index is 0.000000317. The Hall–Kier alpha value is -6.27.